The van der Waals surface area contributed by atoms with Crippen molar-refractivity contribution in [2.75, 3.05) is 20.0 Å². The predicted molar refractivity (Wildman–Crippen MR) is 150 cm³/mol. The molecule has 1 amide bonds. The van der Waals surface area contributed by atoms with Crippen molar-refractivity contribution < 1.29 is 14.3 Å². The lowest BCUT2D eigenvalue weighted by Crippen LogP contribution is -2.20. The van der Waals surface area contributed by atoms with Crippen LogP contribution < -0.4 is 14.9 Å². The summed E-state index contributed by atoms with van der Waals surface area (Å²) in [6, 6.07) is 29.3. The van der Waals surface area contributed by atoms with Gasteiger partial charge in [0.15, 0.2) is 22.5 Å². The maximum atomic E-state index is 12.6. The van der Waals surface area contributed by atoms with Crippen molar-refractivity contribution in [3.8, 4) is 28.6 Å². The van der Waals surface area contributed by atoms with Crippen LogP contribution in [0.5, 0.6) is 11.5 Å². The van der Waals surface area contributed by atoms with E-state index in [1.807, 2.05) is 95.6 Å². The van der Waals surface area contributed by atoms with E-state index in [2.05, 4.69) is 20.7 Å². The van der Waals surface area contributed by atoms with Crippen molar-refractivity contribution in [1.29, 1.82) is 0 Å². The normalized spacial score (nSPS) is 11.1. The summed E-state index contributed by atoms with van der Waals surface area (Å²) in [4.78, 5) is 12.6. The van der Waals surface area contributed by atoms with Crippen LogP contribution in [0.2, 0.25) is 0 Å². The standard InChI is InChI=1S/C29H25N5O3S/c1-36-25-16-15-21(17-26(25)37-2)28-32-33-29(34(28)23-12-4-3-5-13-23)38-19-27(35)31-30-18-22-11-8-10-20-9-6-7-14-24(20)22/h3-18H,19H2,1-2H3,(H,31,35)/b30-18-. The van der Waals surface area contributed by atoms with Crippen LogP contribution in [0.15, 0.2) is 101 Å². The number of methoxy groups -OCH3 is 2. The second-order valence-corrected chi connectivity index (χ2v) is 9.14. The number of thioether (sulfide) groups is 1. The number of carbonyl (C=O) groups excluding carboxylic acids is 1. The highest BCUT2D eigenvalue weighted by Gasteiger charge is 2.18. The maximum absolute atomic E-state index is 12.6. The average molecular weight is 524 g/mol. The van der Waals surface area contributed by atoms with Crippen LogP contribution in [-0.4, -0.2) is 46.9 Å². The zero-order valence-electron chi connectivity index (χ0n) is 20.9. The van der Waals surface area contributed by atoms with Gasteiger partial charge < -0.3 is 9.47 Å². The molecule has 0 unspecified atom stereocenters. The lowest BCUT2D eigenvalue weighted by atomic mass is 10.1. The van der Waals surface area contributed by atoms with E-state index in [-0.39, 0.29) is 11.7 Å². The summed E-state index contributed by atoms with van der Waals surface area (Å²) < 4.78 is 12.7. The number of carbonyl (C=O) groups is 1. The minimum atomic E-state index is -0.248. The van der Waals surface area contributed by atoms with Gasteiger partial charge in [-0.1, -0.05) is 72.4 Å². The van der Waals surface area contributed by atoms with Crippen LogP contribution in [-0.2, 0) is 4.79 Å². The van der Waals surface area contributed by atoms with Crippen molar-refractivity contribution in [3.63, 3.8) is 0 Å². The number of fused-ring (bicyclic) bond motifs is 1. The Morgan fingerprint density at radius 2 is 1.68 bits per heavy atom. The van der Waals surface area contributed by atoms with Crippen LogP contribution in [0.4, 0.5) is 0 Å². The lowest BCUT2D eigenvalue weighted by Gasteiger charge is -2.12. The molecule has 0 saturated heterocycles. The van der Waals surface area contributed by atoms with Gasteiger partial charge in [0.2, 0.25) is 0 Å². The number of ether oxygens (including phenoxy) is 2. The number of hydrogen-bond acceptors (Lipinski definition) is 7. The van der Waals surface area contributed by atoms with Crippen molar-refractivity contribution in [1.82, 2.24) is 20.2 Å². The van der Waals surface area contributed by atoms with Gasteiger partial charge in [0.25, 0.3) is 5.91 Å². The number of rotatable bonds is 9. The molecular formula is C29H25N5O3S. The van der Waals surface area contributed by atoms with Crippen LogP contribution in [0.3, 0.4) is 0 Å². The third-order valence-corrected chi connectivity index (χ3v) is 6.77. The molecule has 0 spiro atoms. The Bertz CT molecular complexity index is 1600. The molecule has 0 aliphatic carbocycles. The summed E-state index contributed by atoms with van der Waals surface area (Å²) in [5, 5.41) is 15.8. The highest BCUT2D eigenvalue weighted by Crippen LogP contribution is 2.34. The van der Waals surface area contributed by atoms with Gasteiger partial charge in [-0.25, -0.2) is 5.43 Å². The average Bonchev–Trinajstić information content (AvgIpc) is 3.40. The molecule has 4 aromatic carbocycles. The number of para-hydroxylation sites is 1. The monoisotopic (exact) mass is 523 g/mol. The zero-order chi connectivity index (χ0) is 26.3. The Hall–Kier alpha value is -4.63. The van der Waals surface area contributed by atoms with E-state index in [0.29, 0.717) is 22.5 Å². The number of hydrogen-bond donors (Lipinski definition) is 1. The van der Waals surface area contributed by atoms with E-state index in [0.717, 1.165) is 27.6 Å². The molecule has 0 aliphatic heterocycles. The minimum Gasteiger partial charge on any atom is -0.493 e. The number of nitrogens with one attached hydrogen (secondary N) is 1. The van der Waals surface area contributed by atoms with Crippen LogP contribution in [0.1, 0.15) is 5.56 Å². The molecule has 8 nitrogen and oxygen atoms in total. The lowest BCUT2D eigenvalue weighted by molar-refractivity contribution is -0.118. The van der Waals surface area contributed by atoms with Crippen LogP contribution in [0, 0.1) is 0 Å². The first kappa shape index (κ1) is 25.0. The number of aromatic nitrogens is 3. The molecule has 0 radical (unpaired) electrons. The Kier molecular flexibility index (Phi) is 7.65. The number of benzene rings is 4. The van der Waals surface area contributed by atoms with Crippen molar-refractivity contribution in [2.45, 2.75) is 5.16 Å². The highest BCUT2D eigenvalue weighted by atomic mass is 32.2. The van der Waals surface area contributed by atoms with Gasteiger partial charge >= 0.3 is 0 Å². The molecule has 0 saturated carbocycles. The van der Waals surface area contributed by atoms with E-state index >= 15 is 0 Å². The Morgan fingerprint density at radius 3 is 2.50 bits per heavy atom. The van der Waals surface area contributed by atoms with Crippen molar-refractivity contribution in [3.05, 3.63) is 96.6 Å². The van der Waals surface area contributed by atoms with Crippen molar-refractivity contribution >= 4 is 34.7 Å². The molecule has 5 aromatic rings. The quantitative estimate of drug-likeness (QED) is 0.159. The SMILES string of the molecule is COc1ccc(-c2nnc(SCC(=O)N/N=C\c3cccc4ccccc34)n2-c2ccccc2)cc1OC. The van der Waals surface area contributed by atoms with Gasteiger partial charge in [0.1, 0.15) is 0 Å². The van der Waals surface area contributed by atoms with E-state index in [9.17, 15) is 4.79 Å². The summed E-state index contributed by atoms with van der Waals surface area (Å²) in [5.74, 6) is 1.70. The minimum absolute atomic E-state index is 0.115. The highest BCUT2D eigenvalue weighted by molar-refractivity contribution is 7.99. The largest absolute Gasteiger partial charge is 0.493 e. The molecule has 38 heavy (non-hydrogen) atoms. The predicted octanol–water partition coefficient (Wildman–Crippen LogP) is 5.35. The van der Waals surface area contributed by atoms with Gasteiger partial charge in [0.05, 0.1) is 26.2 Å². The topological polar surface area (TPSA) is 90.6 Å². The van der Waals surface area contributed by atoms with Crippen molar-refractivity contribution in [2.24, 2.45) is 5.10 Å². The molecule has 0 atom stereocenters. The Labute approximate surface area is 224 Å². The third-order valence-electron chi connectivity index (χ3n) is 5.84. The summed E-state index contributed by atoms with van der Waals surface area (Å²) >= 11 is 1.28. The van der Waals surface area contributed by atoms with Gasteiger partial charge in [-0.05, 0) is 41.1 Å². The molecule has 0 bridgehead atoms. The Balaban J connectivity index is 1.34. The molecular weight excluding hydrogens is 498 g/mol. The molecule has 1 heterocycles. The second-order valence-electron chi connectivity index (χ2n) is 8.20. The van der Waals surface area contributed by atoms with E-state index in [4.69, 9.17) is 9.47 Å². The van der Waals surface area contributed by atoms with Crippen LogP contribution >= 0.6 is 11.8 Å². The zero-order valence-corrected chi connectivity index (χ0v) is 21.7. The first-order valence-electron chi connectivity index (χ1n) is 11.8. The van der Waals surface area contributed by atoms with Gasteiger partial charge in [-0.3, -0.25) is 9.36 Å². The van der Waals surface area contributed by atoms with E-state index in [1.54, 1.807) is 20.4 Å². The number of hydrazone groups is 1. The van der Waals surface area contributed by atoms with Crippen LogP contribution in [0.25, 0.3) is 27.8 Å². The summed E-state index contributed by atoms with van der Waals surface area (Å²) in [7, 11) is 3.18. The molecule has 1 N–H and O–H groups in total. The van der Waals surface area contributed by atoms with Gasteiger partial charge in [-0.2, -0.15) is 5.10 Å². The first-order valence-corrected chi connectivity index (χ1v) is 12.8. The second kappa shape index (κ2) is 11.6. The molecule has 190 valence electrons. The fourth-order valence-corrected chi connectivity index (χ4v) is 4.78. The third kappa shape index (κ3) is 5.37. The van der Waals surface area contributed by atoms with Gasteiger partial charge in [0, 0.05) is 16.8 Å². The molecule has 9 heteroatoms. The fourth-order valence-electron chi connectivity index (χ4n) is 4.03. The number of nitrogens with zero attached hydrogens (tertiary/aromatic N) is 4. The van der Waals surface area contributed by atoms with E-state index in [1.165, 1.54) is 11.8 Å². The summed E-state index contributed by atoms with van der Waals surface area (Å²) in [6.45, 7) is 0. The fraction of sp³-hybridized carbons (Fsp3) is 0.103. The summed E-state index contributed by atoms with van der Waals surface area (Å²) in [6.07, 6.45) is 1.66. The van der Waals surface area contributed by atoms with Gasteiger partial charge in [-0.15, -0.1) is 10.2 Å². The van der Waals surface area contributed by atoms with E-state index < -0.39 is 0 Å². The summed E-state index contributed by atoms with van der Waals surface area (Å²) in [5.41, 5.74) is 5.22. The molecule has 0 aliphatic rings. The maximum Gasteiger partial charge on any atom is 0.250 e. The molecule has 5 rings (SSSR count). The smallest absolute Gasteiger partial charge is 0.250 e. The Morgan fingerprint density at radius 1 is 0.921 bits per heavy atom. The first-order chi connectivity index (χ1) is 18.7. The molecule has 1 aromatic heterocycles. The number of amides is 1. The molecule has 0 fully saturated rings.